The van der Waals surface area contributed by atoms with Crippen LogP contribution in [-0.2, 0) is 18.6 Å². The summed E-state index contributed by atoms with van der Waals surface area (Å²) in [7, 11) is -1.26. The normalized spacial score (nSPS) is 19.7. The molecule has 0 aliphatic carbocycles. The van der Waals surface area contributed by atoms with Gasteiger partial charge in [-0.25, -0.2) is 5.09 Å². The number of nitrogens with one attached hydrogen (secondary N) is 1. The van der Waals surface area contributed by atoms with Crippen LogP contribution in [0.3, 0.4) is 0 Å². The highest BCUT2D eigenvalue weighted by Gasteiger charge is 2.13. The summed E-state index contributed by atoms with van der Waals surface area (Å²) in [5, 5.41) is 2.18. The average Bonchev–Trinajstić information content (AvgIpc) is 2.02. The second kappa shape index (κ2) is 5.29. The van der Waals surface area contributed by atoms with Crippen molar-refractivity contribution in [1.29, 1.82) is 1.28 Å². The molecule has 2 atom stereocenters. The van der Waals surface area contributed by atoms with Crippen LogP contribution in [0.4, 0.5) is 0 Å². The van der Waals surface area contributed by atoms with E-state index >= 15 is 0 Å². The molecule has 0 rings (SSSR count). The van der Waals surface area contributed by atoms with E-state index in [0.29, 0.717) is 0 Å². The standard InChI is InChI=1S/C5H12NO4P/c1-4(5(7)9-2)6-11(8)10-3/h4,11H,1-3H3,(H,6,8)/i11D. The third-order valence-corrected chi connectivity index (χ3v) is 1.95. The monoisotopic (exact) mass is 182 g/mol. The Labute approximate surface area is 67.3 Å². The van der Waals surface area contributed by atoms with Crippen LogP contribution in [-0.4, -0.2) is 27.5 Å². The topological polar surface area (TPSA) is 64.6 Å². The van der Waals surface area contributed by atoms with Gasteiger partial charge in [-0.3, -0.25) is 9.36 Å². The van der Waals surface area contributed by atoms with Crippen LogP contribution in [0.15, 0.2) is 0 Å². The van der Waals surface area contributed by atoms with Gasteiger partial charge < -0.3 is 9.26 Å². The van der Waals surface area contributed by atoms with Crippen LogP contribution in [0, 0.1) is 0 Å². The van der Waals surface area contributed by atoms with E-state index < -0.39 is 20.1 Å². The van der Waals surface area contributed by atoms with E-state index in [1.165, 1.54) is 14.0 Å². The Bertz CT molecular complexity index is 210. The predicted molar refractivity (Wildman–Crippen MR) is 40.6 cm³/mol. The van der Waals surface area contributed by atoms with Crippen molar-refractivity contribution in [3.05, 3.63) is 0 Å². The zero-order chi connectivity index (χ0) is 9.78. The van der Waals surface area contributed by atoms with Crippen molar-refractivity contribution in [3.8, 4) is 0 Å². The molecule has 0 aliphatic heterocycles. The van der Waals surface area contributed by atoms with Gasteiger partial charge in [0.2, 0.25) is 0 Å². The van der Waals surface area contributed by atoms with Crippen LogP contribution < -0.4 is 5.09 Å². The first-order valence-corrected chi connectivity index (χ1v) is 4.15. The van der Waals surface area contributed by atoms with E-state index in [1.807, 2.05) is 0 Å². The van der Waals surface area contributed by atoms with Gasteiger partial charge >= 0.3 is 5.97 Å². The summed E-state index contributed by atoms with van der Waals surface area (Å²) in [6.45, 7) is 1.44. The van der Waals surface area contributed by atoms with Gasteiger partial charge in [-0.2, -0.15) is 0 Å². The second-order valence-electron chi connectivity index (χ2n) is 1.81. The molecule has 1 N–H and O–H groups in total. The fourth-order valence-corrected chi connectivity index (χ4v) is 0.967. The predicted octanol–water partition coefficient (Wildman–Crippen LogP) is 0.174. The van der Waals surface area contributed by atoms with E-state index in [9.17, 15) is 9.36 Å². The molecule has 0 spiro atoms. The Morgan fingerprint density at radius 2 is 2.27 bits per heavy atom. The van der Waals surface area contributed by atoms with Gasteiger partial charge in [0, 0.05) is 7.11 Å². The maximum absolute atomic E-state index is 10.9. The van der Waals surface area contributed by atoms with Gasteiger partial charge in [-0.15, -0.1) is 0 Å². The first-order valence-electron chi connectivity index (χ1n) is 3.42. The van der Waals surface area contributed by atoms with Gasteiger partial charge in [0.25, 0.3) is 8.12 Å². The van der Waals surface area contributed by atoms with E-state index in [2.05, 4.69) is 14.3 Å². The van der Waals surface area contributed by atoms with E-state index in [-0.39, 0.29) is 0 Å². The van der Waals surface area contributed by atoms with Crippen molar-refractivity contribution >= 4 is 14.1 Å². The van der Waals surface area contributed by atoms with Gasteiger partial charge in [0.1, 0.15) is 7.32 Å². The Morgan fingerprint density at radius 1 is 1.73 bits per heavy atom. The second-order valence-corrected chi connectivity index (χ2v) is 2.95. The summed E-state index contributed by atoms with van der Waals surface area (Å²) < 4.78 is 26.6. The van der Waals surface area contributed by atoms with Crippen LogP contribution in [0.5, 0.6) is 0 Å². The number of carbonyl (C=O) groups is 1. The Balaban J connectivity index is 4.09. The Morgan fingerprint density at radius 3 is 2.64 bits per heavy atom. The van der Waals surface area contributed by atoms with Crippen molar-refractivity contribution < 1.29 is 18.6 Å². The molecule has 11 heavy (non-hydrogen) atoms. The SMILES string of the molecule is [2H]P(=O)(NC(C)C(=O)OC)OC. The van der Waals surface area contributed by atoms with Gasteiger partial charge in [0.15, 0.2) is 0 Å². The average molecular weight is 182 g/mol. The molecule has 5 nitrogen and oxygen atoms in total. The number of carbonyl (C=O) groups excluding carboxylic acids is 1. The molecule has 0 radical (unpaired) electrons. The summed E-state index contributed by atoms with van der Waals surface area (Å²) in [6, 6.07) is -0.807. The first kappa shape index (κ1) is 8.71. The molecule has 0 saturated carbocycles. The summed E-state index contributed by atoms with van der Waals surface area (Å²) >= 11 is 0. The van der Waals surface area contributed by atoms with E-state index in [0.717, 1.165) is 7.11 Å². The molecule has 0 bridgehead atoms. The number of esters is 1. The molecule has 0 aromatic carbocycles. The molecule has 2 unspecified atom stereocenters. The minimum atomic E-state index is -3.60. The summed E-state index contributed by atoms with van der Waals surface area (Å²) in [4.78, 5) is 10.8. The molecule has 0 fully saturated rings. The minimum absolute atomic E-state index is 0.584. The highest BCUT2D eigenvalue weighted by atomic mass is 31.1. The molecule has 0 aliphatic rings. The number of hydrogen-bond acceptors (Lipinski definition) is 4. The molecular formula is C5H12NO4P. The molecule has 6 heteroatoms. The molecule has 0 aromatic rings. The maximum atomic E-state index is 10.9. The Kier molecular flexibility index (Phi) is 4.19. The van der Waals surface area contributed by atoms with E-state index in [1.54, 1.807) is 0 Å². The highest BCUT2D eigenvalue weighted by molar-refractivity contribution is 7.36. The first-order chi connectivity index (χ1) is 5.43. The summed E-state index contributed by atoms with van der Waals surface area (Å²) in [5.74, 6) is -0.584. The van der Waals surface area contributed by atoms with Crippen molar-refractivity contribution in [2.75, 3.05) is 14.2 Å². The third kappa shape index (κ3) is 4.14. The van der Waals surface area contributed by atoms with E-state index in [4.69, 9.17) is 1.28 Å². The number of methoxy groups -OCH3 is 1. The van der Waals surface area contributed by atoms with Crippen molar-refractivity contribution in [1.82, 2.24) is 5.09 Å². The van der Waals surface area contributed by atoms with Crippen molar-refractivity contribution in [2.24, 2.45) is 0 Å². The molecule has 0 saturated heterocycles. The van der Waals surface area contributed by atoms with Gasteiger partial charge in [-0.05, 0) is 6.92 Å². The van der Waals surface area contributed by atoms with Crippen LogP contribution in [0.1, 0.15) is 6.92 Å². The lowest BCUT2D eigenvalue weighted by Gasteiger charge is -2.09. The lowest BCUT2D eigenvalue weighted by atomic mass is 10.4. The number of hydrogen-bond donors (Lipinski definition) is 1. The molecular weight excluding hydrogens is 169 g/mol. The van der Waals surface area contributed by atoms with Crippen LogP contribution in [0.2, 0.25) is 0 Å². The summed E-state index contributed by atoms with van der Waals surface area (Å²) in [5.41, 5.74) is 0. The van der Waals surface area contributed by atoms with Crippen LogP contribution in [0.25, 0.3) is 0 Å². The molecule has 0 heterocycles. The lowest BCUT2D eigenvalue weighted by molar-refractivity contribution is -0.142. The zero-order valence-electron chi connectivity index (χ0n) is 7.66. The fraction of sp³-hybridized carbons (Fsp3) is 0.800. The maximum Gasteiger partial charge on any atom is 0.322 e. The van der Waals surface area contributed by atoms with Gasteiger partial charge in [0.05, 0.1) is 7.11 Å². The molecule has 0 aromatic heterocycles. The third-order valence-electron chi connectivity index (χ3n) is 1.02. The highest BCUT2D eigenvalue weighted by Crippen LogP contribution is 2.14. The zero-order valence-corrected chi connectivity index (χ0v) is 7.55. The molecule has 66 valence electrons. The summed E-state index contributed by atoms with van der Waals surface area (Å²) in [6.07, 6.45) is 0. The smallest absolute Gasteiger partial charge is 0.322 e. The Hall–Kier alpha value is -0.380. The lowest BCUT2D eigenvalue weighted by Crippen LogP contribution is -2.30. The van der Waals surface area contributed by atoms with Gasteiger partial charge in [-0.1, -0.05) is 0 Å². The largest absolute Gasteiger partial charge is 0.468 e. The minimum Gasteiger partial charge on any atom is -0.468 e. The van der Waals surface area contributed by atoms with Crippen LogP contribution >= 0.6 is 8.12 Å². The fourth-order valence-electron chi connectivity index (χ4n) is 0.440. The quantitative estimate of drug-likeness (QED) is 0.496. The van der Waals surface area contributed by atoms with Crippen molar-refractivity contribution in [3.63, 3.8) is 0 Å². The van der Waals surface area contributed by atoms with Crippen molar-refractivity contribution in [2.45, 2.75) is 13.0 Å². The number of ether oxygens (including phenoxy) is 1. The molecule has 0 amide bonds. The number of rotatable bonds is 4.